The van der Waals surface area contributed by atoms with Gasteiger partial charge in [-0.2, -0.15) is 8.42 Å². The SMILES string of the molecule is CC(=O)N1CCC[C@H]1COS(=O)(=O)c1ccc(C)cc1. The monoisotopic (exact) mass is 297 g/mol. The first-order valence-corrected chi connectivity index (χ1v) is 8.04. The molecule has 0 bridgehead atoms. The van der Waals surface area contributed by atoms with Crippen molar-refractivity contribution in [1.29, 1.82) is 0 Å². The van der Waals surface area contributed by atoms with Gasteiger partial charge in [0.25, 0.3) is 10.1 Å². The summed E-state index contributed by atoms with van der Waals surface area (Å²) in [5.41, 5.74) is 0.988. The van der Waals surface area contributed by atoms with E-state index in [9.17, 15) is 13.2 Å². The molecule has 0 N–H and O–H groups in total. The molecule has 1 atom stereocenters. The molecule has 20 heavy (non-hydrogen) atoms. The topological polar surface area (TPSA) is 63.7 Å². The van der Waals surface area contributed by atoms with E-state index in [0.717, 1.165) is 18.4 Å². The second-order valence-corrected chi connectivity index (χ2v) is 6.68. The average Bonchev–Trinajstić information content (AvgIpc) is 2.85. The van der Waals surface area contributed by atoms with Gasteiger partial charge in [0.05, 0.1) is 17.5 Å². The summed E-state index contributed by atoms with van der Waals surface area (Å²) in [7, 11) is -3.75. The van der Waals surface area contributed by atoms with Crippen LogP contribution in [0.3, 0.4) is 0 Å². The maximum atomic E-state index is 12.1. The summed E-state index contributed by atoms with van der Waals surface area (Å²) in [5, 5.41) is 0. The van der Waals surface area contributed by atoms with Gasteiger partial charge in [0.2, 0.25) is 5.91 Å². The summed E-state index contributed by atoms with van der Waals surface area (Å²) in [5.74, 6) is -0.0381. The standard InChI is InChI=1S/C14H19NO4S/c1-11-5-7-14(8-6-11)20(17,18)19-10-13-4-3-9-15(13)12(2)16/h5-8,13H,3-4,9-10H2,1-2H3/t13-/m0/s1. The highest BCUT2D eigenvalue weighted by molar-refractivity contribution is 7.86. The van der Waals surface area contributed by atoms with Gasteiger partial charge in [-0.25, -0.2) is 0 Å². The van der Waals surface area contributed by atoms with Gasteiger partial charge in [0, 0.05) is 13.5 Å². The van der Waals surface area contributed by atoms with Crippen LogP contribution < -0.4 is 0 Å². The maximum absolute atomic E-state index is 12.1. The smallest absolute Gasteiger partial charge is 0.297 e. The zero-order chi connectivity index (χ0) is 14.8. The highest BCUT2D eigenvalue weighted by Gasteiger charge is 2.28. The Morgan fingerprint density at radius 1 is 1.35 bits per heavy atom. The van der Waals surface area contributed by atoms with E-state index >= 15 is 0 Å². The molecule has 0 unspecified atom stereocenters. The van der Waals surface area contributed by atoms with Crippen molar-refractivity contribution in [3.8, 4) is 0 Å². The Kier molecular flexibility index (Phi) is 4.45. The normalized spacial score (nSPS) is 19.3. The molecular formula is C14H19NO4S. The molecule has 0 aromatic heterocycles. The predicted octanol–water partition coefficient (Wildman–Crippen LogP) is 1.71. The number of hydrogen-bond acceptors (Lipinski definition) is 4. The lowest BCUT2D eigenvalue weighted by molar-refractivity contribution is -0.130. The van der Waals surface area contributed by atoms with Gasteiger partial charge in [-0.3, -0.25) is 8.98 Å². The van der Waals surface area contributed by atoms with Crippen molar-refractivity contribution in [3.63, 3.8) is 0 Å². The van der Waals surface area contributed by atoms with E-state index in [-0.39, 0.29) is 23.5 Å². The fraction of sp³-hybridized carbons (Fsp3) is 0.500. The molecule has 5 nitrogen and oxygen atoms in total. The third kappa shape index (κ3) is 3.37. The minimum Gasteiger partial charge on any atom is -0.338 e. The third-order valence-corrected chi connectivity index (χ3v) is 4.80. The van der Waals surface area contributed by atoms with Crippen molar-refractivity contribution >= 4 is 16.0 Å². The van der Waals surface area contributed by atoms with Gasteiger partial charge in [0.1, 0.15) is 0 Å². The molecule has 0 saturated carbocycles. The lowest BCUT2D eigenvalue weighted by Crippen LogP contribution is -2.37. The van der Waals surface area contributed by atoms with Gasteiger partial charge in [0.15, 0.2) is 0 Å². The molecule has 1 aliphatic rings. The summed E-state index contributed by atoms with van der Waals surface area (Å²) in [6.07, 6.45) is 1.67. The van der Waals surface area contributed by atoms with Crippen LogP contribution in [-0.4, -0.2) is 38.4 Å². The van der Waals surface area contributed by atoms with Crippen LogP contribution in [0.15, 0.2) is 29.2 Å². The Hall–Kier alpha value is -1.40. The Bertz CT molecular complexity index is 580. The van der Waals surface area contributed by atoms with E-state index in [1.165, 1.54) is 19.1 Å². The lowest BCUT2D eigenvalue weighted by atomic mass is 10.2. The van der Waals surface area contributed by atoms with E-state index < -0.39 is 10.1 Å². The molecule has 6 heteroatoms. The van der Waals surface area contributed by atoms with E-state index in [0.29, 0.717) is 6.54 Å². The predicted molar refractivity (Wildman–Crippen MR) is 74.7 cm³/mol. The molecule has 1 aromatic carbocycles. The number of rotatable bonds is 4. The van der Waals surface area contributed by atoms with Gasteiger partial charge in [-0.15, -0.1) is 0 Å². The molecule has 1 saturated heterocycles. The molecule has 2 rings (SSSR count). The molecule has 0 spiro atoms. The zero-order valence-corrected chi connectivity index (χ0v) is 12.5. The number of carbonyl (C=O) groups excluding carboxylic acids is 1. The largest absolute Gasteiger partial charge is 0.338 e. The van der Waals surface area contributed by atoms with Gasteiger partial charge >= 0.3 is 0 Å². The highest BCUT2D eigenvalue weighted by Crippen LogP contribution is 2.20. The van der Waals surface area contributed by atoms with Crippen LogP contribution in [0.2, 0.25) is 0 Å². The average molecular weight is 297 g/mol. The van der Waals surface area contributed by atoms with Crippen molar-refractivity contribution in [2.45, 2.75) is 37.6 Å². The fourth-order valence-electron chi connectivity index (χ4n) is 2.36. The minimum atomic E-state index is -3.75. The summed E-state index contributed by atoms with van der Waals surface area (Å²) in [6, 6.07) is 6.37. The van der Waals surface area contributed by atoms with Gasteiger partial charge in [-0.05, 0) is 31.9 Å². The number of hydrogen-bond donors (Lipinski definition) is 0. The number of amides is 1. The third-order valence-electron chi connectivity index (χ3n) is 3.51. The van der Waals surface area contributed by atoms with Crippen LogP contribution in [0.1, 0.15) is 25.3 Å². The van der Waals surface area contributed by atoms with E-state index in [4.69, 9.17) is 4.18 Å². The number of carbonyl (C=O) groups is 1. The van der Waals surface area contributed by atoms with Crippen LogP contribution in [0, 0.1) is 6.92 Å². The summed E-state index contributed by atoms with van der Waals surface area (Å²) < 4.78 is 29.2. The molecule has 1 fully saturated rings. The van der Waals surface area contributed by atoms with Crippen LogP contribution in [0.5, 0.6) is 0 Å². The number of aryl methyl sites for hydroxylation is 1. The van der Waals surface area contributed by atoms with Crippen LogP contribution in [0.25, 0.3) is 0 Å². The number of likely N-dealkylation sites (tertiary alicyclic amines) is 1. The lowest BCUT2D eigenvalue weighted by Gasteiger charge is -2.22. The van der Waals surface area contributed by atoms with Crippen LogP contribution in [0.4, 0.5) is 0 Å². The Labute approximate surface area is 119 Å². The number of benzene rings is 1. The Balaban J connectivity index is 2.02. The second-order valence-electron chi connectivity index (χ2n) is 5.06. The van der Waals surface area contributed by atoms with Crippen molar-refractivity contribution in [2.24, 2.45) is 0 Å². The molecular weight excluding hydrogens is 278 g/mol. The molecule has 1 aliphatic heterocycles. The maximum Gasteiger partial charge on any atom is 0.297 e. The second kappa shape index (κ2) is 5.93. The Morgan fingerprint density at radius 2 is 2.00 bits per heavy atom. The quantitative estimate of drug-likeness (QED) is 0.794. The first-order chi connectivity index (χ1) is 9.40. The van der Waals surface area contributed by atoms with E-state index in [2.05, 4.69) is 0 Å². The fourth-order valence-corrected chi connectivity index (χ4v) is 3.31. The minimum absolute atomic E-state index is 0.0236. The summed E-state index contributed by atoms with van der Waals surface area (Å²) >= 11 is 0. The molecule has 110 valence electrons. The van der Waals surface area contributed by atoms with Crippen molar-refractivity contribution in [1.82, 2.24) is 4.90 Å². The van der Waals surface area contributed by atoms with Gasteiger partial charge in [-0.1, -0.05) is 17.7 Å². The zero-order valence-electron chi connectivity index (χ0n) is 11.7. The first kappa shape index (κ1) is 15.0. The van der Waals surface area contributed by atoms with E-state index in [1.54, 1.807) is 17.0 Å². The first-order valence-electron chi connectivity index (χ1n) is 6.63. The highest BCUT2D eigenvalue weighted by atomic mass is 32.2. The summed E-state index contributed by atoms with van der Waals surface area (Å²) in [4.78, 5) is 13.2. The molecule has 1 aromatic rings. The Morgan fingerprint density at radius 3 is 2.60 bits per heavy atom. The van der Waals surface area contributed by atoms with Crippen molar-refractivity contribution in [3.05, 3.63) is 29.8 Å². The number of nitrogens with zero attached hydrogens (tertiary/aromatic N) is 1. The molecule has 1 amide bonds. The summed E-state index contributed by atoms with van der Waals surface area (Å²) in [6.45, 7) is 4.08. The van der Waals surface area contributed by atoms with Crippen molar-refractivity contribution < 1.29 is 17.4 Å². The molecule has 0 aliphatic carbocycles. The van der Waals surface area contributed by atoms with Crippen LogP contribution in [-0.2, 0) is 19.1 Å². The van der Waals surface area contributed by atoms with Gasteiger partial charge < -0.3 is 4.90 Å². The van der Waals surface area contributed by atoms with Crippen molar-refractivity contribution in [2.75, 3.05) is 13.2 Å². The molecule has 1 heterocycles. The molecule has 0 radical (unpaired) electrons. The van der Waals surface area contributed by atoms with E-state index in [1.807, 2.05) is 6.92 Å². The van der Waals surface area contributed by atoms with Crippen LogP contribution >= 0.6 is 0 Å².